The lowest BCUT2D eigenvalue weighted by atomic mass is 9.91. The highest BCUT2D eigenvalue weighted by Gasteiger charge is 2.22. The fourth-order valence-electron chi connectivity index (χ4n) is 8.51. The fourth-order valence-corrected chi connectivity index (χ4v) is 8.51. The minimum atomic E-state index is 1.18. The maximum Gasteiger partial charge on any atom is -0.00986 e. The summed E-state index contributed by atoms with van der Waals surface area (Å²) in [5, 5.41) is 0. The average Bonchev–Trinajstić information content (AvgIpc) is 3.64. The number of benzene rings is 4. The van der Waals surface area contributed by atoms with Crippen LogP contribution in [0, 0.1) is 0 Å². The van der Waals surface area contributed by atoms with E-state index in [4.69, 9.17) is 0 Å². The summed E-state index contributed by atoms with van der Waals surface area (Å²) < 4.78 is 0. The second-order valence-electron chi connectivity index (χ2n) is 15.3. The van der Waals surface area contributed by atoms with Gasteiger partial charge in [0.1, 0.15) is 0 Å². The van der Waals surface area contributed by atoms with E-state index < -0.39 is 0 Å². The third kappa shape index (κ3) is 7.51. The van der Waals surface area contributed by atoms with Crippen molar-refractivity contribution in [2.45, 2.75) is 0 Å². The topological polar surface area (TPSA) is 0 Å². The monoisotopic (exact) mass is 762 g/mol. The van der Waals surface area contributed by atoms with Crippen molar-refractivity contribution in [1.29, 1.82) is 0 Å². The van der Waals surface area contributed by atoms with Gasteiger partial charge in [-0.25, -0.2) is 0 Å². The summed E-state index contributed by atoms with van der Waals surface area (Å²) in [5.74, 6) is 0. The van der Waals surface area contributed by atoms with Gasteiger partial charge in [-0.3, -0.25) is 0 Å². The number of rotatable bonds is 9. The third-order valence-corrected chi connectivity index (χ3v) is 11.4. The largest absolute Gasteiger partial charge is 0.0622 e. The minimum Gasteiger partial charge on any atom is -0.0622 e. The lowest BCUT2D eigenvalue weighted by Crippen LogP contribution is -1.86. The maximum absolute atomic E-state index is 2.41. The lowest BCUT2D eigenvalue weighted by Gasteiger charge is -2.12. The Bertz CT molecular complexity index is 2710. The van der Waals surface area contributed by atoms with E-state index in [2.05, 4.69) is 255 Å². The zero-order valence-electron chi connectivity index (χ0n) is 33.2. The molecule has 0 saturated carbocycles. The highest BCUT2D eigenvalue weighted by atomic mass is 14.3. The van der Waals surface area contributed by atoms with Crippen molar-refractivity contribution in [3.05, 3.63) is 252 Å². The average molecular weight is 763 g/mol. The van der Waals surface area contributed by atoms with Crippen molar-refractivity contribution < 1.29 is 0 Å². The molecule has 0 saturated heterocycles. The molecule has 0 unspecified atom stereocenters. The summed E-state index contributed by atoms with van der Waals surface area (Å²) in [6, 6.07) is 78.8. The van der Waals surface area contributed by atoms with Gasteiger partial charge < -0.3 is 0 Å². The molecule has 0 aliphatic heterocycles. The Labute approximate surface area is 353 Å². The Morgan fingerprint density at radius 2 is 0.417 bits per heavy atom. The molecular formula is C60H42. The highest BCUT2D eigenvalue weighted by molar-refractivity contribution is 6.01. The SMILES string of the molecule is C(=C\c1cc(-c2cc(-c3cc(/C=C/c4ccccc4)c4cccccc3-4)cc(-c3cc(/C=C/c4ccccc4)c4cccccc3-4)c2)c2cccccc1-2)/c1ccccc1. The van der Waals surface area contributed by atoms with E-state index in [9.17, 15) is 0 Å². The van der Waals surface area contributed by atoms with Crippen LogP contribution in [0.2, 0.25) is 0 Å². The molecule has 4 aromatic carbocycles. The summed E-state index contributed by atoms with van der Waals surface area (Å²) in [6.07, 6.45) is 13.4. The second-order valence-corrected chi connectivity index (χ2v) is 15.3. The van der Waals surface area contributed by atoms with Crippen LogP contribution in [0.3, 0.4) is 0 Å². The fraction of sp³-hybridized carbons (Fsp3) is 0. The first kappa shape index (κ1) is 36.5. The maximum atomic E-state index is 2.41. The summed E-state index contributed by atoms with van der Waals surface area (Å²) in [4.78, 5) is 0. The molecule has 0 atom stereocenters. The van der Waals surface area contributed by atoms with Crippen LogP contribution in [0.4, 0.5) is 0 Å². The molecule has 60 heavy (non-hydrogen) atoms. The standard InChI is InChI=1S/C60H42/c1-7-19-43(20-8-1)31-34-46-40-58(55-28-16-4-13-25-52(46)55)49-37-50(59-41-47(35-32-44-21-9-2-10-22-44)53-26-14-5-17-29-56(53)59)39-51(38-49)60-42-48(36-33-45-23-11-3-12-24-45)54-27-15-6-18-30-57(54)60/h1-42H/b34-31+,35-32+,36-33+. The molecule has 4 aromatic rings. The predicted molar refractivity (Wildman–Crippen MR) is 259 cm³/mol. The number of hydrogen-bond acceptors (Lipinski definition) is 0. The van der Waals surface area contributed by atoms with Gasteiger partial charge in [0.25, 0.3) is 0 Å². The van der Waals surface area contributed by atoms with E-state index in [0.717, 1.165) is 0 Å². The molecule has 0 heteroatoms. The number of fused-ring (bicyclic) bond motifs is 3. The molecule has 0 bridgehead atoms. The van der Waals surface area contributed by atoms with Crippen LogP contribution >= 0.6 is 0 Å². The Morgan fingerprint density at radius 3 is 0.683 bits per heavy atom. The second kappa shape index (κ2) is 16.6. The van der Waals surface area contributed by atoms with Gasteiger partial charge in [-0.2, -0.15) is 0 Å². The lowest BCUT2D eigenvalue weighted by molar-refractivity contribution is 1.62. The van der Waals surface area contributed by atoms with Crippen molar-refractivity contribution in [1.82, 2.24) is 0 Å². The van der Waals surface area contributed by atoms with Crippen molar-refractivity contribution in [3.63, 3.8) is 0 Å². The van der Waals surface area contributed by atoms with Crippen molar-refractivity contribution in [3.8, 4) is 66.8 Å². The van der Waals surface area contributed by atoms with Gasteiger partial charge in [-0.15, -0.1) is 0 Å². The first-order valence-corrected chi connectivity index (χ1v) is 20.7. The van der Waals surface area contributed by atoms with E-state index in [0.29, 0.717) is 0 Å². The van der Waals surface area contributed by atoms with Gasteiger partial charge in [-0.05, 0) is 137 Å². The van der Waals surface area contributed by atoms with Crippen molar-refractivity contribution in [2.24, 2.45) is 0 Å². The molecule has 6 aliphatic rings. The Hall–Kier alpha value is -7.80. The quantitative estimate of drug-likeness (QED) is 0.137. The summed E-state index contributed by atoms with van der Waals surface area (Å²) >= 11 is 0. The Kier molecular flexibility index (Phi) is 10.1. The zero-order chi connectivity index (χ0) is 40.1. The van der Waals surface area contributed by atoms with Crippen LogP contribution in [0.25, 0.3) is 103 Å². The molecule has 0 nitrogen and oxygen atoms in total. The Balaban J connectivity index is 1.20. The molecule has 0 N–H and O–H groups in total. The van der Waals surface area contributed by atoms with Gasteiger partial charge >= 0.3 is 0 Å². The molecule has 0 aromatic heterocycles. The molecule has 0 heterocycles. The molecule has 0 amide bonds. The molecule has 10 rings (SSSR count). The van der Waals surface area contributed by atoms with Gasteiger partial charge in [-0.1, -0.05) is 218 Å². The van der Waals surface area contributed by atoms with Gasteiger partial charge in [0.05, 0.1) is 0 Å². The van der Waals surface area contributed by atoms with Crippen LogP contribution < -0.4 is 0 Å². The van der Waals surface area contributed by atoms with Gasteiger partial charge in [0.15, 0.2) is 0 Å². The molecule has 6 aliphatic carbocycles. The van der Waals surface area contributed by atoms with E-state index in [-0.39, 0.29) is 0 Å². The molecule has 0 radical (unpaired) electrons. The van der Waals surface area contributed by atoms with E-state index in [1.807, 2.05) is 0 Å². The van der Waals surface area contributed by atoms with Crippen LogP contribution in [0.15, 0.2) is 218 Å². The third-order valence-electron chi connectivity index (χ3n) is 11.4. The highest BCUT2D eigenvalue weighted by Crippen LogP contribution is 2.47. The summed E-state index contributed by atoms with van der Waals surface area (Å²) in [6.45, 7) is 0. The first-order chi connectivity index (χ1) is 29.7. The molecular weight excluding hydrogens is 721 g/mol. The first-order valence-electron chi connectivity index (χ1n) is 20.7. The van der Waals surface area contributed by atoms with Gasteiger partial charge in [0, 0.05) is 0 Å². The van der Waals surface area contributed by atoms with Crippen LogP contribution in [-0.2, 0) is 0 Å². The van der Waals surface area contributed by atoms with E-state index in [1.165, 1.54) is 100 Å². The van der Waals surface area contributed by atoms with Crippen molar-refractivity contribution in [2.75, 3.05) is 0 Å². The smallest absolute Gasteiger partial charge is 0.00986 e. The Morgan fingerprint density at radius 1 is 0.183 bits per heavy atom. The predicted octanol–water partition coefficient (Wildman–Crippen LogP) is 16.5. The number of hydrogen-bond donors (Lipinski definition) is 0. The van der Waals surface area contributed by atoms with Gasteiger partial charge in [0.2, 0.25) is 0 Å². The van der Waals surface area contributed by atoms with E-state index >= 15 is 0 Å². The minimum absolute atomic E-state index is 1.18. The zero-order valence-corrected chi connectivity index (χ0v) is 33.2. The molecule has 0 fully saturated rings. The molecule has 282 valence electrons. The van der Waals surface area contributed by atoms with E-state index in [1.54, 1.807) is 0 Å². The molecule has 0 spiro atoms. The van der Waals surface area contributed by atoms with Crippen molar-refractivity contribution >= 4 is 36.5 Å². The normalized spacial score (nSPS) is 11.8. The van der Waals surface area contributed by atoms with Crippen LogP contribution in [-0.4, -0.2) is 0 Å². The summed E-state index contributed by atoms with van der Waals surface area (Å²) in [7, 11) is 0. The van der Waals surface area contributed by atoms with Crippen LogP contribution in [0.1, 0.15) is 33.4 Å². The summed E-state index contributed by atoms with van der Waals surface area (Å²) in [5.41, 5.74) is 21.7. The van der Waals surface area contributed by atoms with Crippen LogP contribution in [0.5, 0.6) is 0 Å².